The van der Waals surface area contributed by atoms with Crippen molar-refractivity contribution in [2.45, 2.75) is 0 Å². The molecule has 0 saturated carbocycles. The van der Waals surface area contributed by atoms with Crippen LogP contribution in [0, 0.1) is 17.5 Å². The van der Waals surface area contributed by atoms with E-state index in [1.54, 1.807) is 6.07 Å². The number of methoxy groups -OCH3 is 1. The zero-order valence-corrected chi connectivity index (χ0v) is 5.46. The molecule has 0 aliphatic carbocycles. The van der Waals surface area contributed by atoms with Gasteiger partial charge in [-0.3, -0.25) is 4.98 Å². The number of nitrogens with zero attached hydrogens (tertiary/aromatic N) is 2. The zero-order valence-electron chi connectivity index (χ0n) is 5.46. The van der Waals surface area contributed by atoms with Gasteiger partial charge in [-0.1, -0.05) is 0 Å². The molecule has 0 N–H and O–H groups in total. The van der Waals surface area contributed by atoms with Crippen LogP contribution < -0.4 is 4.74 Å². The Morgan fingerprint density at radius 2 is 2.60 bits per heavy atom. The lowest BCUT2D eigenvalue weighted by Gasteiger charge is -1.97. The highest BCUT2D eigenvalue weighted by Crippen LogP contribution is 2.12. The molecule has 0 amide bonds. The number of pyridine rings is 1. The van der Waals surface area contributed by atoms with E-state index in [0.29, 0.717) is 11.3 Å². The lowest BCUT2D eigenvalue weighted by Crippen LogP contribution is -1.87. The fraction of sp³-hybridized carbons (Fsp3) is 0.143. The Kier molecular flexibility index (Phi) is 1.86. The summed E-state index contributed by atoms with van der Waals surface area (Å²) in [6, 6.07) is 3.52. The van der Waals surface area contributed by atoms with Crippen molar-refractivity contribution in [1.82, 2.24) is 4.98 Å². The van der Waals surface area contributed by atoms with E-state index in [1.165, 1.54) is 13.3 Å². The maximum absolute atomic E-state index is 8.45. The first kappa shape index (κ1) is 6.56. The van der Waals surface area contributed by atoms with Crippen molar-refractivity contribution in [2.24, 2.45) is 0 Å². The first-order chi connectivity index (χ1) is 4.88. The Morgan fingerprint density at radius 3 is 3.10 bits per heavy atom. The number of nitriles is 1. The van der Waals surface area contributed by atoms with E-state index in [2.05, 4.69) is 11.2 Å². The van der Waals surface area contributed by atoms with Crippen molar-refractivity contribution in [3.05, 3.63) is 24.0 Å². The molecule has 1 radical (unpaired) electrons. The van der Waals surface area contributed by atoms with Gasteiger partial charge in [-0.25, -0.2) is 0 Å². The first-order valence-corrected chi connectivity index (χ1v) is 2.69. The molecule has 0 saturated heterocycles. The Labute approximate surface area is 58.9 Å². The van der Waals surface area contributed by atoms with Crippen molar-refractivity contribution >= 4 is 0 Å². The Hall–Kier alpha value is -1.56. The SMILES string of the molecule is COc1ccn[c]c1C#N. The standard InChI is InChI=1S/C7H5N2O/c1-10-7-2-3-9-5-6(7)4-8/h2-3H,1H3. The summed E-state index contributed by atoms with van der Waals surface area (Å²) in [7, 11) is 1.50. The third-order valence-corrected chi connectivity index (χ3v) is 1.05. The van der Waals surface area contributed by atoms with E-state index in [0.717, 1.165) is 0 Å². The van der Waals surface area contributed by atoms with Gasteiger partial charge < -0.3 is 4.74 Å². The lowest BCUT2D eigenvalue weighted by atomic mass is 10.3. The van der Waals surface area contributed by atoms with Crippen LogP contribution >= 0.6 is 0 Å². The van der Waals surface area contributed by atoms with Gasteiger partial charge in [-0.05, 0) is 6.07 Å². The van der Waals surface area contributed by atoms with Gasteiger partial charge in [0.15, 0.2) is 0 Å². The van der Waals surface area contributed by atoms with Crippen LogP contribution in [0.5, 0.6) is 5.75 Å². The van der Waals surface area contributed by atoms with Crippen LogP contribution in [0.2, 0.25) is 0 Å². The molecule has 10 heavy (non-hydrogen) atoms. The van der Waals surface area contributed by atoms with E-state index >= 15 is 0 Å². The molecule has 1 rings (SSSR count). The van der Waals surface area contributed by atoms with Crippen LogP contribution in [-0.2, 0) is 0 Å². The zero-order chi connectivity index (χ0) is 7.40. The Bertz CT molecular complexity index is 265. The minimum absolute atomic E-state index is 0.338. The van der Waals surface area contributed by atoms with Crippen molar-refractivity contribution < 1.29 is 4.74 Å². The van der Waals surface area contributed by atoms with E-state index in [-0.39, 0.29) is 0 Å². The molecule has 3 heteroatoms. The molecule has 3 nitrogen and oxygen atoms in total. The fourth-order valence-corrected chi connectivity index (χ4v) is 0.595. The number of ether oxygens (including phenoxy) is 1. The summed E-state index contributed by atoms with van der Waals surface area (Å²) >= 11 is 0. The Morgan fingerprint density at radius 1 is 1.80 bits per heavy atom. The summed E-state index contributed by atoms with van der Waals surface area (Å²) in [5.41, 5.74) is 0.338. The minimum atomic E-state index is 0.338. The highest BCUT2D eigenvalue weighted by molar-refractivity contribution is 5.39. The van der Waals surface area contributed by atoms with Crippen LogP contribution in [0.15, 0.2) is 12.3 Å². The number of aromatic nitrogens is 1. The fourth-order valence-electron chi connectivity index (χ4n) is 0.595. The molecular formula is C7H5N2O. The summed E-state index contributed by atoms with van der Waals surface area (Å²) in [4.78, 5) is 3.64. The molecule has 0 bridgehead atoms. The highest BCUT2D eigenvalue weighted by atomic mass is 16.5. The average molecular weight is 133 g/mol. The van der Waals surface area contributed by atoms with Crippen LogP contribution in [0.1, 0.15) is 5.56 Å². The molecule has 1 aromatic rings. The summed E-state index contributed by atoms with van der Waals surface area (Å²) in [5, 5.41) is 8.45. The van der Waals surface area contributed by atoms with Crippen LogP contribution in [0.3, 0.4) is 0 Å². The van der Waals surface area contributed by atoms with Gasteiger partial charge >= 0.3 is 0 Å². The second kappa shape index (κ2) is 2.83. The van der Waals surface area contributed by atoms with Gasteiger partial charge in [-0.15, -0.1) is 0 Å². The van der Waals surface area contributed by atoms with E-state index in [9.17, 15) is 0 Å². The quantitative estimate of drug-likeness (QED) is 0.568. The van der Waals surface area contributed by atoms with Crippen LogP contribution in [0.4, 0.5) is 0 Å². The molecule has 0 aliphatic heterocycles. The maximum atomic E-state index is 8.45. The van der Waals surface area contributed by atoms with Gasteiger partial charge in [0.05, 0.1) is 7.11 Å². The molecule has 49 valence electrons. The third-order valence-electron chi connectivity index (χ3n) is 1.05. The van der Waals surface area contributed by atoms with Crippen molar-refractivity contribution in [2.75, 3.05) is 7.11 Å². The van der Waals surface area contributed by atoms with Crippen LogP contribution in [-0.4, -0.2) is 12.1 Å². The lowest BCUT2D eigenvalue weighted by molar-refractivity contribution is 0.412. The molecule has 0 atom stereocenters. The molecule has 0 fully saturated rings. The second-order valence-corrected chi connectivity index (χ2v) is 1.61. The van der Waals surface area contributed by atoms with Crippen LogP contribution in [0.25, 0.3) is 0 Å². The maximum Gasteiger partial charge on any atom is 0.140 e. The van der Waals surface area contributed by atoms with Gasteiger partial charge in [0.1, 0.15) is 23.6 Å². The number of hydrogen-bond acceptors (Lipinski definition) is 3. The van der Waals surface area contributed by atoms with Crippen molar-refractivity contribution in [3.8, 4) is 11.8 Å². The van der Waals surface area contributed by atoms with E-state index < -0.39 is 0 Å². The number of rotatable bonds is 1. The number of hydrogen-bond donors (Lipinski definition) is 0. The minimum Gasteiger partial charge on any atom is -0.495 e. The highest BCUT2D eigenvalue weighted by Gasteiger charge is 1.98. The predicted molar refractivity (Wildman–Crippen MR) is 34.3 cm³/mol. The first-order valence-electron chi connectivity index (χ1n) is 2.69. The normalized spacial score (nSPS) is 8.40. The predicted octanol–water partition coefficient (Wildman–Crippen LogP) is 0.762. The monoisotopic (exact) mass is 133 g/mol. The van der Waals surface area contributed by atoms with Gasteiger partial charge in [0.2, 0.25) is 0 Å². The molecule has 1 aromatic heterocycles. The average Bonchev–Trinajstić information content (AvgIpc) is 2.04. The van der Waals surface area contributed by atoms with E-state index in [1.807, 2.05) is 6.07 Å². The summed E-state index contributed by atoms with van der Waals surface area (Å²) in [6.07, 6.45) is 4.03. The van der Waals surface area contributed by atoms with Gasteiger partial charge in [-0.2, -0.15) is 5.26 Å². The van der Waals surface area contributed by atoms with Gasteiger partial charge in [0.25, 0.3) is 0 Å². The largest absolute Gasteiger partial charge is 0.495 e. The third kappa shape index (κ3) is 1.06. The molecular weight excluding hydrogens is 128 g/mol. The Balaban J connectivity index is 3.12. The second-order valence-electron chi connectivity index (χ2n) is 1.61. The summed E-state index contributed by atoms with van der Waals surface area (Å²) in [5.74, 6) is 0.512. The topological polar surface area (TPSA) is 45.9 Å². The molecule has 0 unspecified atom stereocenters. The van der Waals surface area contributed by atoms with Crippen molar-refractivity contribution in [3.63, 3.8) is 0 Å². The summed E-state index contributed by atoms with van der Waals surface area (Å²) in [6.45, 7) is 0. The smallest absolute Gasteiger partial charge is 0.140 e. The molecule has 1 heterocycles. The van der Waals surface area contributed by atoms with E-state index in [4.69, 9.17) is 10.00 Å². The molecule has 0 spiro atoms. The van der Waals surface area contributed by atoms with Gasteiger partial charge in [0, 0.05) is 6.20 Å². The van der Waals surface area contributed by atoms with Crippen molar-refractivity contribution in [1.29, 1.82) is 5.26 Å². The summed E-state index contributed by atoms with van der Waals surface area (Å²) < 4.78 is 4.84. The molecule has 0 aliphatic rings. The molecule has 0 aromatic carbocycles.